The van der Waals surface area contributed by atoms with Crippen molar-refractivity contribution in [2.45, 2.75) is 19.1 Å². The number of ether oxygens (including phenoxy) is 2. The summed E-state index contributed by atoms with van der Waals surface area (Å²) in [7, 11) is 1.61. The van der Waals surface area contributed by atoms with E-state index in [2.05, 4.69) is 10.6 Å². The fourth-order valence-electron chi connectivity index (χ4n) is 1.18. The lowest BCUT2D eigenvalue weighted by molar-refractivity contribution is -0.129. The Morgan fingerprint density at radius 2 is 2.36 bits per heavy atom. The van der Waals surface area contributed by atoms with Crippen molar-refractivity contribution in [3.8, 4) is 0 Å². The van der Waals surface area contributed by atoms with E-state index in [4.69, 9.17) is 9.47 Å². The van der Waals surface area contributed by atoms with Gasteiger partial charge >= 0.3 is 0 Å². The van der Waals surface area contributed by atoms with Gasteiger partial charge in [-0.1, -0.05) is 0 Å². The molecule has 0 aromatic heterocycles. The van der Waals surface area contributed by atoms with Crippen LogP contribution in [0.25, 0.3) is 0 Å². The van der Waals surface area contributed by atoms with Crippen molar-refractivity contribution in [3.63, 3.8) is 0 Å². The van der Waals surface area contributed by atoms with E-state index >= 15 is 0 Å². The Kier molecular flexibility index (Phi) is 4.86. The number of nitrogens with one attached hydrogen (secondary N) is 2. The normalized spacial score (nSPS) is 18.7. The standard InChI is InChI=1S/C9H18N2O3/c1-7(5-13-2)11-9(12)6-14-8-3-10-4-8/h7-8,10H,3-6H2,1-2H3,(H,11,12). The number of carbonyl (C=O) groups is 1. The highest BCUT2D eigenvalue weighted by Gasteiger charge is 2.18. The van der Waals surface area contributed by atoms with Crippen molar-refractivity contribution in [2.24, 2.45) is 0 Å². The zero-order valence-electron chi connectivity index (χ0n) is 8.71. The van der Waals surface area contributed by atoms with Gasteiger partial charge in [-0.2, -0.15) is 0 Å². The first-order valence-electron chi connectivity index (χ1n) is 4.83. The SMILES string of the molecule is COCC(C)NC(=O)COC1CNC1. The van der Waals surface area contributed by atoms with Gasteiger partial charge in [0.1, 0.15) is 6.61 Å². The quantitative estimate of drug-likeness (QED) is 0.587. The summed E-state index contributed by atoms with van der Waals surface area (Å²) in [6, 6.07) is 0.0376. The smallest absolute Gasteiger partial charge is 0.246 e. The molecule has 82 valence electrons. The summed E-state index contributed by atoms with van der Waals surface area (Å²) in [6.07, 6.45) is 0.207. The number of hydrogen-bond donors (Lipinski definition) is 2. The fourth-order valence-corrected chi connectivity index (χ4v) is 1.18. The monoisotopic (exact) mass is 202 g/mol. The largest absolute Gasteiger partial charge is 0.383 e. The van der Waals surface area contributed by atoms with Crippen molar-refractivity contribution < 1.29 is 14.3 Å². The summed E-state index contributed by atoms with van der Waals surface area (Å²) < 4.78 is 10.2. The van der Waals surface area contributed by atoms with Crippen molar-refractivity contribution in [1.82, 2.24) is 10.6 Å². The van der Waals surface area contributed by atoms with Gasteiger partial charge in [0.05, 0.1) is 12.7 Å². The number of hydrogen-bond acceptors (Lipinski definition) is 4. The highest BCUT2D eigenvalue weighted by atomic mass is 16.5. The molecule has 0 aromatic rings. The summed E-state index contributed by atoms with van der Waals surface area (Å²) in [5.41, 5.74) is 0. The Labute approximate surface area is 84.1 Å². The van der Waals surface area contributed by atoms with Crippen LogP contribution >= 0.6 is 0 Å². The Balaban J connectivity index is 2.02. The van der Waals surface area contributed by atoms with Crippen molar-refractivity contribution >= 4 is 5.91 Å². The minimum absolute atomic E-state index is 0.0376. The number of amides is 1. The van der Waals surface area contributed by atoms with Gasteiger partial charge < -0.3 is 20.1 Å². The molecule has 1 saturated heterocycles. The average Bonchev–Trinajstić information content (AvgIpc) is 2.01. The van der Waals surface area contributed by atoms with Crippen LogP contribution in [-0.4, -0.2) is 51.5 Å². The molecule has 2 N–H and O–H groups in total. The molecule has 1 fully saturated rings. The average molecular weight is 202 g/mol. The van der Waals surface area contributed by atoms with Gasteiger partial charge in [0.15, 0.2) is 0 Å². The van der Waals surface area contributed by atoms with E-state index in [9.17, 15) is 4.79 Å². The van der Waals surface area contributed by atoms with Crippen LogP contribution in [0, 0.1) is 0 Å². The molecular formula is C9H18N2O3. The second kappa shape index (κ2) is 5.95. The van der Waals surface area contributed by atoms with Crippen LogP contribution in [0.15, 0.2) is 0 Å². The molecule has 5 heteroatoms. The first-order valence-corrected chi connectivity index (χ1v) is 4.83. The van der Waals surface area contributed by atoms with Crippen LogP contribution in [0.3, 0.4) is 0 Å². The molecule has 1 unspecified atom stereocenters. The second-order valence-corrected chi connectivity index (χ2v) is 3.52. The van der Waals surface area contributed by atoms with Crippen LogP contribution in [0.4, 0.5) is 0 Å². The Morgan fingerprint density at radius 1 is 1.64 bits per heavy atom. The van der Waals surface area contributed by atoms with E-state index in [1.807, 2.05) is 6.92 Å². The maximum atomic E-state index is 11.3. The van der Waals surface area contributed by atoms with E-state index in [-0.39, 0.29) is 24.7 Å². The van der Waals surface area contributed by atoms with Gasteiger partial charge in [-0.3, -0.25) is 4.79 Å². The van der Waals surface area contributed by atoms with Crippen LogP contribution in [-0.2, 0) is 14.3 Å². The zero-order chi connectivity index (χ0) is 10.4. The lowest BCUT2D eigenvalue weighted by Gasteiger charge is -2.27. The summed E-state index contributed by atoms with van der Waals surface area (Å²) >= 11 is 0. The van der Waals surface area contributed by atoms with Crippen LogP contribution in [0.2, 0.25) is 0 Å². The third-order valence-electron chi connectivity index (χ3n) is 2.02. The molecule has 1 amide bonds. The minimum Gasteiger partial charge on any atom is -0.383 e. The third kappa shape index (κ3) is 4.04. The number of methoxy groups -OCH3 is 1. The van der Waals surface area contributed by atoms with Gasteiger partial charge in [-0.15, -0.1) is 0 Å². The molecule has 0 saturated carbocycles. The van der Waals surface area contributed by atoms with Crippen molar-refractivity contribution in [3.05, 3.63) is 0 Å². The van der Waals surface area contributed by atoms with Crippen molar-refractivity contribution in [2.75, 3.05) is 33.4 Å². The Hall–Kier alpha value is -0.650. The number of carbonyl (C=O) groups excluding carboxylic acids is 1. The van der Waals surface area contributed by atoms with Gasteiger partial charge in [0.25, 0.3) is 0 Å². The second-order valence-electron chi connectivity index (χ2n) is 3.52. The molecule has 14 heavy (non-hydrogen) atoms. The Morgan fingerprint density at radius 3 is 2.86 bits per heavy atom. The molecule has 1 heterocycles. The maximum absolute atomic E-state index is 11.3. The summed E-state index contributed by atoms with van der Waals surface area (Å²) in [6.45, 7) is 4.26. The van der Waals surface area contributed by atoms with E-state index in [0.717, 1.165) is 13.1 Å². The van der Waals surface area contributed by atoms with Crippen LogP contribution in [0.5, 0.6) is 0 Å². The predicted molar refractivity (Wildman–Crippen MR) is 52.1 cm³/mol. The van der Waals surface area contributed by atoms with Gasteiger partial charge in [-0.25, -0.2) is 0 Å². The van der Waals surface area contributed by atoms with Gasteiger partial charge in [-0.05, 0) is 6.92 Å². The summed E-state index contributed by atoms with van der Waals surface area (Å²) in [5, 5.41) is 5.84. The van der Waals surface area contributed by atoms with E-state index in [1.165, 1.54) is 0 Å². The Bertz CT molecular complexity index is 183. The summed E-state index contributed by atoms with van der Waals surface area (Å²) in [4.78, 5) is 11.3. The van der Waals surface area contributed by atoms with E-state index in [0.29, 0.717) is 6.61 Å². The summed E-state index contributed by atoms with van der Waals surface area (Å²) in [5.74, 6) is -0.0820. The molecule has 1 aliphatic rings. The molecule has 5 nitrogen and oxygen atoms in total. The molecule has 0 aromatic carbocycles. The molecule has 0 radical (unpaired) electrons. The predicted octanol–water partition coefficient (Wildman–Crippen LogP) is -0.874. The number of rotatable bonds is 6. The third-order valence-corrected chi connectivity index (χ3v) is 2.02. The first kappa shape index (κ1) is 11.4. The molecule has 0 aliphatic carbocycles. The molecule has 1 atom stereocenters. The van der Waals surface area contributed by atoms with E-state index < -0.39 is 0 Å². The van der Waals surface area contributed by atoms with E-state index in [1.54, 1.807) is 7.11 Å². The lowest BCUT2D eigenvalue weighted by atomic mass is 10.2. The van der Waals surface area contributed by atoms with Crippen molar-refractivity contribution in [1.29, 1.82) is 0 Å². The molecule has 1 aliphatic heterocycles. The maximum Gasteiger partial charge on any atom is 0.246 e. The zero-order valence-corrected chi connectivity index (χ0v) is 8.71. The van der Waals surface area contributed by atoms with Crippen LogP contribution < -0.4 is 10.6 Å². The molecule has 1 rings (SSSR count). The minimum atomic E-state index is -0.0820. The topological polar surface area (TPSA) is 59.6 Å². The van der Waals surface area contributed by atoms with Gasteiger partial charge in [0, 0.05) is 26.2 Å². The van der Waals surface area contributed by atoms with Crippen LogP contribution in [0.1, 0.15) is 6.92 Å². The molecule has 0 spiro atoms. The molecule has 0 bridgehead atoms. The highest BCUT2D eigenvalue weighted by molar-refractivity contribution is 5.77. The molecular weight excluding hydrogens is 184 g/mol. The first-order chi connectivity index (χ1) is 6.72. The lowest BCUT2D eigenvalue weighted by Crippen LogP contribution is -2.50. The fraction of sp³-hybridized carbons (Fsp3) is 0.889. The van der Waals surface area contributed by atoms with Gasteiger partial charge in [0.2, 0.25) is 5.91 Å². The highest BCUT2D eigenvalue weighted by Crippen LogP contribution is 1.97.